The third kappa shape index (κ3) is 2.30. The molecule has 3 nitrogen and oxygen atoms in total. The fourth-order valence-corrected chi connectivity index (χ4v) is 1.19. The summed E-state index contributed by atoms with van der Waals surface area (Å²) in [6.45, 7) is 0.987. The van der Waals surface area contributed by atoms with E-state index in [0.29, 0.717) is 0 Å². The number of carboxylic acid groups (broad SMARTS) is 1. The molecule has 1 rings (SSSR count). The third-order valence-electron chi connectivity index (χ3n) is 2.12. The highest BCUT2D eigenvalue weighted by atomic mass is 19.1. The minimum absolute atomic E-state index is 0.114. The van der Waals surface area contributed by atoms with Gasteiger partial charge in [-0.15, -0.1) is 0 Å². The first kappa shape index (κ1) is 11.6. The molecule has 5 heteroatoms. The minimum atomic E-state index is -2.50. The van der Waals surface area contributed by atoms with Crippen molar-refractivity contribution >= 4 is 5.97 Å². The molecule has 1 aromatic carbocycles. The smallest absolute Gasteiger partial charge is 0.341 e. The summed E-state index contributed by atoms with van der Waals surface area (Å²) >= 11 is 0. The van der Waals surface area contributed by atoms with Crippen molar-refractivity contribution in [1.29, 1.82) is 0 Å². The van der Waals surface area contributed by atoms with Gasteiger partial charge in [-0.05, 0) is 24.6 Å². The van der Waals surface area contributed by atoms with Crippen LogP contribution < -0.4 is 0 Å². The summed E-state index contributed by atoms with van der Waals surface area (Å²) in [5.74, 6) is -2.45. The summed E-state index contributed by atoms with van der Waals surface area (Å²) in [6.07, 6.45) is -2.50. The van der Waals surface area contributed by atoms with Gasteiger partial charge in [-0.3, -0.25) is 0 Å². The van der Waals surface area contributed by atoms with Crippen LogP contribution in [0, 0.1) is 5.82 Å². The number of benzene rings is 1. The maximum atomic E-state index is 13.1. The zero-order valence-electron chi connectivity index (χ0n) is 7.95. The number of hydrogen-bond acceptors (Lipinski definition) is 2. The lowest BCUT2D eigenvalue weighted by Gasteiger charge is -2.24. The van der Waals surface area contributed by atoms with Gasteiger partial charge in [-0.2, -0.15) is 0 Å². The molecule has 0 amide bonds. The number of alkyl halides is 1. The molecule has 0 bridgehead atoms. The Morgan fingerprint density at radius 3 is 2.60 bits per heavy atom. The molecule has 0 saturated carbocycles. The van der Waals surface area contributed by atoms with Crippen LogP contribution in [0.4, 0.5) is 8.78 Å². The maximum absolute atomic E-state index is 13.1. The van der Waals surface area contributed by atoms with Crippen LogP contribution in [0.1, 0.15) is 12.5 Å². The average molecular weight is 216 g/mol. The van der Waals surface area contributed by atoms with Gasteiger partial charge in [0.2, 0.25) is 6.17 Å². The number of aliphatic carboxylic acids is 1. The van der Waals surface area contributed by atoms with Crippen molar-refractivity contribution in [3.63, 3.8) is 0 Å². The molecule has 0 heterocycles. The van der Waals surface area contributed by atoms with Crippen LogP contribution in [0.3, 0.4) is 0 Å². The van der Waals surface area contributed by atoms with E-state index in [2.05, 4.69) is 0 Å². The van der Waals surface area contributed by atoms with Crippen LogP contribution in [0.25, 0.3) is 0 Å². The molecular weight excluding hydrogens is 206 g/mol. The molecule has 0 saturated heterocycles. The van der Waals surface area contributed by atoms with Crippen molar-refractivity contribution in [3.05, 3.63) is 35.6 Å². The number of hydrogen-bond donors (Lipinski definition) is 2. The molecular formula is C10H10F2O3. The highest BCUT2D eigenvalue weighted by Gasteiger charge is 2.39. The summed E-state index contributed by atoms with van der Waals surface area (Å²) in [4.78, 5) is 10.4. The Kier molecular flexibility index (Phi) is 3.04. The van der Waals surface area contributed by atoms with E-state index in [1.54, 1.807) is 0 Å². The monoisotopic (exact) mass is 216 g/mol. The number of rotatable bonds is 3. The second-order valence-electron chi connectivity index (χ2n) is 3.36. The number of halogens is 2. The molecule has 82 valence electrons. The molecule has 0 aromatic heterocycles. The molecule has 0 aliphatic heterocycles. The van der Waals surface area contributed by atoms with E-state index in [-0.39, 0.29) is 5.56 Å². The highest BCUT2D eigenvalue weighted by Crippen LogP contribution is 2.27. The first-order chi connectivity index (χ1) is 6.85. The Morgan fingerprint density at radius 1 is 1.53 bits per heavy atom. The third-order valence-corrected chi connectivity index (χ3v) is 2.12. The minimum Gasteiger partial charge on any atom is -0.479 e. The molecule has 0 aliphatic carbocycles. The van der Waals surface area contributed by atoms with Crippen molar-refractivity contribution < 1.29 is 23.8 Å². The molecule has 0 aliphatic rings. The Bertz CT molecular complexity index is 377. The van der Waals surface area contributed by atoms with E-state index in [4.69, 9.17) is 5.11 Å². The van der Waals surface area contributed by atoms with E-state index in [1.165, 1.54) is 12.1 Å². The summed E-state index contributed by atoms with van der Waals surface area (Å²) in [6, 6.07) is 4.55. The van der Waals surface area contributed by atoms with Crippen molar-refractivity contribution in [1.82, 2.24) is 0 Å². The van der Waals surface area contributed by atoms with Crippen LogP contribution in [-0.4, -0.2) is 22.4 Å². The molecule has 2 atom stereocenters. The molecule has 1 aromatic rings. The summed E-state index contributed by atoms with van der Waals surface area (Å²) in [7, 11) is 0. The van der Waals surface area contributed by atoms with Crippen molar-refractivity contribution in [2.45, 2.75) is 18.7 Å². The zero-order valence-corrected chi connectivity index (χ0v) is 7.95. The van der Waals surface area contributed by atoms with Gasteiger partial charge >= 0.3 is 5.97 Å². The quantitative estimate of drug-likeness (QED) is 0.804. The number of aliphatic hydroxyl groups is 1. The predicted molar refractivity (Wildman–Crippen MR) is 48.5 cm³/mol. The molecule has 0 radical (unpaired) electrons. The van der Waals surface area contributed by atoms with Gasteiger partial charge in [0, 0.05) is 0 Å². The standard InChI is InChI=1S/C10H10F2O3/c1-10(15,8(12)9(13)14)6-3-2-4-7(11)5-6/h2-5,8,15H,1H3,(H,13,14). The second kappa shape index (κ2) is 3.94. The van der Waals surface area contributed by atoms with Crippen LogP contribution >= 0.6 is 0 Å². The van der Waals surface area contributed by atoms with E-state index < -0.39 is 23.6 Å². The van der Waals surface area contributed by atoms with Crippen molar-refractivity contribution in [3.8, 4) is 0 Å². The van der Waals surface area contributed by atoms with E-state index in [1.807, 2.05) is 0 Å². The number of carbonyl (C=O) groups is 1. The van der Waals surface area contributed by atoms with Gasteiger partial charge < -0.3 is 10.2 Å². The van der Waals surface area contributed by atoms with Gasteiger partial charge in [-0.1, -0.05) is 12.1 Å². The second-order valence-corrected chi connectivity index (χ2v) is 3.36. The van der Waals surface area contributed by atoms with E-state index in [9.17, 15) is 18.7 Å². The highest BCUT2D eigenvalue weighted by molar-refractivity contribution is 5.74. The first-order valence-corrected chi connectivity index (χ1v) is 4.21. The Balaban J connectivity index is 3.10. The molecule has 2 N–H and O–H groups in total. The molecule has 0 fully saturated rings. The lowest BCUT2D eigenvalue weighted by molar-refractivity contribution is -0.153. The SMILES string of the molecule is CC(O)(c1cccc(F)c1)C(F)C(=O)O. The van der Waals surface area contributed by atoms with Gasteiger partial charge in [0.15, 0.2) is 0 Å². The normalized spacial score (nSPS) is 16.8. The summed E-state index contributed by atoms with van der Waals surface area (Å²) < 4.78 is 25.9. The first-order valence-electron chi connectivity index (χ1n) is 4.21. The van der Waals surface area contributed by atoms with E-state index in [0.717, 1.165) is 19.1 Å². The Labute approximate surface area is 85.0 Å². The lowest BCUT2D eigenvalue weighted by Crippen LogP contribution is -2.39. The topological polar surface area (TPSA) is 57.5 Å². The van der Waals surface area contributed by atoms with Crippen molar-refractivity contribution in [2.24, 2.45) is 0 Å². The van der Waals surface area contributed by atoms with Gasteiger partial charge in [-0.25, -0.2) is 13.6 Å². The lowest BCUT2D eigenvalue weighted by atomic mass is 9.91. The van der Waals surface area contributed by atoms with Gasteiger partial charge in [0.25, 0.3) is 0 Å². The molecule has 15 heavy (non-hydrogen) atoms. The predicted octanol–water partition coefficient (Wildman–Crippen LogP) is 1.46. The molecule has 2 unspecified atom stereocenters. The Hall–Kier alpha value is -1.49. The Morgan fingerprint density at radius 2 is 2.13 bits per heavy atom. The average Bonchev–Trinajstić information content (AvgIpc) is 2.16. The van der Waals surface area contributed by atoms with Crippen LogP contribution in [0.2, 0.25) is 0 Å². The maximum Gasteiger partial charge on any atom is 0.341 e. The summed E-state index contributed by atoms with van der Waals surface area (Å²) in [5, 5.41) is 18.0. The number of carboxylic acids is 1. The summed E-state index contributed by atoms with van der Waals surface area (Å²) in [5.41, 5.74) is -2.36. The van der Waals surface area contributed by atoms with Crippen LogP contribution in [0.15, 0.2) is 24.3 Å². The largest absolute Gasteiger partial charge is 0.479 e. The zero-order chi connectivity index (χ0) is 11.6. The fourth-order valence-electron chi connectivity index (χ4n) is 1.19. The fraction of sp³-hybridized carbons (Fsp3) is 0.300. The van der Waals surface area contributed by atoms with Crippen LogP contribution in [-0.2, 0) is 10.4 Å². The van der Waals surface area contributed by atoms with Gasteiger partial charge in [0.1, 0.15) is 11.4 Å². The van der Waals surface area contributed by atoms with E-state index >= 15 is 0 Å². The molecule has 0 spiro atoms. The van der Waals surface area contributed by atoms with Gasteiger partial charge in [0.05, 0.1) is 0 Å². The van der Waals surface area contributed by atoms with Crippen molar-refractivity contribution in [2.75, 3.05) is 0 Å². The van der Waals surface area contributed by atoms with Crippen LogP contribution in [0.5, 0.6) is 0 Å².